The zero-order valence-corrected chi connectivity index (χ0v) is 8.20. The molecule has 0 radical (unpaired) electrons. The fraction of sp³-hybridized carbons (Fsp3) is 0.750. The van der Waals surface area contributed by atoms with Crippen molar-refractivity contribution in [3.05, 3.63) is 5.82 Å². The highest BCUT2D eigenvalue weighted by atomic mass is 15.4. The summed E-state index contributed by atoms with van der Waals surface area (Å²) in [4.78, 5) is 2.09. The van der Waals surface area contributed by atoms with E-state index in [1.165, 1.54) is 0 Å². The molecule has 0 amide bonds. The van der Waals surface area contributed by atoms with Crippen LogP contribution in [0.15, 0.2) is 0 Å². The average Bonchev–Trinajstić information content (AvgIpc) is 2.45. The second-order valence-corrected chi connectivity index (χ2v) is 2.81. The quantitative estimate of drug-likeness (QED) is 0.676. The van der Waals surface area contributed by atoms with Crippen LogP contribution in [0.25, 0.3) is 0 Å². The van der Waals surface area contributed by atoms with Crippen molar-refractivity contribution in [2.24, 2.45) is 0 Å². The van der Waals surface area contributed by atoms with Gasteiger partial charge in [0.05, 0.1) is 0 Å². The lowest BCUT2D eigenvalue weighted by Gasteiger charge is -2.15. The van der Waals surface area contributed by atoms with Crippen LogP contribution in [0.4, 0.5) is 5.95 Å². The molecule has 4 nitrogen and oxygen atoms in total. The van der Waals surface area contributed by atoms with Crippen LogP contribution in [0.3, 0.4) is 0 Å². The summed E-state index contributed by atoms with van der Waals surface area (Å²) >= 11 is 0. The van der Waals surface area contributed by atoms with Gasteiger partial charge in [0.1, 0.15) is 5.82 Å². The van der Waals surface area contributed by atoms with Gasteiger partial charge in [-0.2, -0.15) is 0 Å². The Bertz CT molecular complexity index is 254. The van der Waals surface area contributed by atoms with E-state index in [0.717, 1.165) is 24.9 Å². The molecule has 0 aliphatic heterocycles. The molecule has 1 aromatic rings. The van der Waals surface area contributed by atoms with Gasteiger partial charge in [-0.3, -0.25) is 4.57 Å². The minimum Gasteiger partial charge on any atom is -0.344 e. The van der Waals surface area contributed by atoms with Crippen LogP contribution in [0.1, 0.15) is 19.7 Å². The zero-order chi connectivity index (χ0) is 9.14. The molecule has 12 heavy (non-hydrogen) atoms. The predicted molar refractivity (Wildman–Crippen MR) is 49.4 cm³/mol. The van der Waals surface area contributed by atoms with Gasteiger partial charge in [-0.1, -0.05) is 0 Å². The Kier molecular flexibility index (Phi) is 2.68. The van der Waals surface area contributed by atoms with Crippen molar-refractivity contribution in [2.75, 3.05) is 18.5 Å². The second kappa shape index (κ2) is 3.56. The Morgan fingerprint density at radius 1 is 1.33 bits per heavy atom. The lowest BCUT2D eigenvalue weighted by Crippen LogP contribution is -2.20. The van der Waals surface area contributed by atoms with Gasteiger partial charge in [0.2, 0.25) is 5.95 Å². The van der Waals surface area contributed by atoms with E-state index in [1.54, 1.807) is 0 Å². The lowest BCUT2D eigenvalue weighted by atomic mass is 10.6. The summed E-state index contributed by atoms with van der Waals surface area (Å²) in [5.41, 5.74) is 0. The molecule has 0 saturated heterocycles. The molecule has 4 heteroatoms. The Morgan fingerprint density at radius 3 is 2.50 bits per heavy atom. The largest absolute Gasteiger partial charge is 0.344 e. The Balaban J connectivity index is 2.98. The first-order valence-electron chi connectivity index (χ1n) is 4.31. The van der Waals surface area contributed by atoms with Gasteiger partial charge in [0.15, 0.2) is 0 Å². The zero-order valence-electron chi connectivity index (χ0n) is 8.20. The first kappa shape index (κ1) is 9.03. The fourth-order valence-electron chi connectivity index (χ4n) is 1.16. The Labute approximate surface area is 73.2 Å². The summed E-state index contributed by atoms with van der Waals surface area (Å²) in [5.74, 6) is 1.94. The van der Waals surface area contributed by atoms with Crippen LogP contribution in [0.5, 0.6) is 0 Å². The molecule has 0 bridgehead atoms. The van der Waals surface area contributed by atoms with E-state index in [-0.39, 0.29) is 0 Å². The summed E-state index contributed by atoms with van der Waals surface area (Å²) in [7, 11) is 2.02. The first-order chi connectivity index (χ1) is 5.70. The molecule has 0 unspecified atom stereocenters. The van der Waals surface area contributed by atoms with Crippen molar-refractivity contribution >= 4 is 5.95 Å². The minimum absolute atomic E-state index is 0.929. The van der Waals surface area contributed by atoms with E-state index in [0.29, 0.717) is 0 Å². The van der Waals surface area contributed by atoms with E-state index < -0.39 is 0 Å². The van der Waals surface area contributed by atoms with E-state index in [9.17, 15) is 0 Å². The van der Waals surface area contributed by atoms with Gasteiger partial charge in [-0.15, -0.1) is 10.2 Å². The highest BCUT2D eigenvalue weighted by Crippen LogP contribution is 2.10. The highest BCUT2D eigenvalue weighted by molar-refractivity contribution is 5.28. The van der Waals surface area contributed by atoms with Crippen LogP contribution in [-0.2, 0) is 6.54 Å². The number of aryl methyl sites for hydroxylation is 1. The normalized spacial score (nSPS) is 10.3. The average molecular weight is 168 g/mol. The molecule has 1 heterocycles. The molecule has 0 aliphatic carbocycles. The Morgan fingerprint density at radius 2 is 2.00 bits per heavy atom. The number of hydrogen-bond donors (Lipinski definition) is 0. The molecule has 0 spiro atoms. The van der Waals surface area contributed by atoms with Gasteiger partial charge >= 0.3 is 0 Å². The number of hydrogen-bond acceptors (Lipinski definition) is 3. The van der Waals surface area contributed by atoms with Gasteiger partial charge in [0, 0.05) is 20.1 Å². The van der Waals surface area contributed by atoms with Gasteiger partial charge in [-0.25, -0.2) is 0 Å². The smallest absolute Gasteiger partial charge is 0.226 e. The third-order valence-electron chi connectivity index (χ3n) is 2.05. The second-order valence-electron chi connectivity index (χ2n) is 2.81. The summed E-state index contributed by atoms with van der Waals surface area (Å²) in [6.07, 6.45) is 0. The molecular weight excluding hydrogens is 152 g/mol. The minimum atomic E-state index is 0.929. The molecular formula is C8H16N4. The maximum Gasteiger partial charge on any atom is 0.226 e. The summed E-state index contributed by atoms with van der Waals surface area (Å²) in [5, 5.41) is 8.12. The molecule has 0 N–H and O–H groups in total. The summed E-state index contributed by atoms with van der Waals surface area (Å²) in [6, 6.07) is 0. The number of aromatic nitrogens is 3. The SMILES string of the molecule is CCN(C)c1nnc(C)n1CC. The first-order valence-corrected chi connectivity index (χ1v) is 4.31. The number of nitrogens with zero attached hydrogens (tertiary/aromatic N) is 4. The molecule has 0 atom stereocenters. The van der Waals surface area contributed by atoms with Gasteiger partial charge in [0.25, 0.3) is 0 Å². The van der Waals surface area contributed by atoms with Crippen LogP contribution in [-0.4, -0.2) is 28.4 Å². The maximum atomic E-state index is 4.10. The van der Waals surface area contributed by atoms with Crippen molar-refractivity contribution in [3.8, 4) is 0 Å². The topological polar surface area (TPSA) is 34.0 Å². The molecule has 0 saturated carbocycles. The molecule has 1 aromatic heterocycles. The van der Waals surface area contributed by atoms with Gasteiger partial charge < -0.3 is 4.90 Å². The third-order valence-corrected chi connectivity index (χ3v) is 2.05. The van der Waals surface area contributed by atoms with Crippen LogP contribution in [0, 0.1) is 6.92 Å². The van der Waals surface area contributed by atoms with Gasteiger partial charge in [-0.05, 0) is 20.8 Å². The molecule has 0 aliphatic rings. The van der Waals surface area contributed by atoms with Crippen LogP contribution in [0.2, 0.25) is 0 Å². The number of anilines is 1. The van der Waals surface area contributed by atoms with E-state index in [2.05, 4.69) is 33.5 Å². The van der Waals surface area contributed by atoms with Crippen molar-refractivity contribution < 1.29 is 0 Å². The highest BCUT2D eigenvalue weighted by Gasteiger charge is 2.09. The molecule has 68 valence electrons. The van der Waals surface area contributed by atoms with Crippen molar-refractivity contribution in [1.29, 1.82) is 0 Å². The van der Waals surface area contributed by atoms with Crippen LogP contribution >= 0.6 is 0 Å². The molecule has 0 fully saturated rings. The third kappa shape index (κ3) is 1.42. The molecule has 1 rings (SSSR count). The Hall–Kier alpha value is -1.06. The van der Waals surface area contributed by atoms with E-state index >= 15 is 0 Å². The number of rotatable bonds is 3. The van der Waals surface area contributed by atoms with Crippen LogP contribution < -0.4 is 4.90 Å². The van der Waals surface area contributed by atoms with E-state index in [4.69, 9.17) is 0 Å². The predicted octanol–water partition coefficient (Wildman–Crippen LogP) is 1.06. The molecule has 0 aromatic carbocycles. The fourth-order valence-corrected chi connectivity index (χ4v) is 1.16. The lowest BCUT2D eigenvalue weighted by molar-refractivity contribution is 0.710. The maximum absolute atomic E-state index is 4.10. The summed E-state index contributed by atoms with van der Waals surface area (Å²) in [6.45, 7) is 8.06. The summed E-state index contributed by atoms with van der Waals surface area (Å²) < 4.78 is 2.10. The standard InChI is InChI=1S/C8H16N4/c1-5-11(4)8-10-9-7(3)12(8)6-2/h5-6H2,1-4H3. The van der Waals surface area contributed by atoms with Crippen molar-refractivity contribution in [3.63, 3.8) is 0 Å². The van der Waals surface area contributed by atoms with Crippen molar-refractivity contribution in [2.45, 2.75) is 27.3 Å². The monoisotopic (exact) mass is 168 g/mol. The van der Waals surface area contributed by atoms with Crippen molar-refractivity contribution in [1.82, 2.24) is 14.8 Å². The van der Waals surface area contributed by atoms with E-state index in [1.807, 2.05) is 14.0 Å².